The summed E-state index contributed by atoms with van der Waals surface area (Å²) in [5.74, 6) is 2.00. The molecule has 0 aliphatic rings. The van der Waals surface area contributed by atoms with E-state index in [0.717, 1.165) is 0 Å². The topological polar surface area (TPSA) is 57.9 Å². The number of ether oxygens (including phenoxy) is 3. The zero-order valence-corrected chi connectivity index (χ0v) is 13.1. The van der Waals surface area contributed by atoms with Crippen molar-refractivity contribution < 1.29 is 18.6 Å². The maximum Gasteiger partial charge on any atom is 0.193 e. The van der Waals surface area contributed by atoms with Gasteiger partial charge < -0.3 is 18.6 Å². The van der Waals surface area contributed by atoms with Gasteiger partial charge in [-0.2, -0.15) is 0 Å². The quantitative estimate of drug-likeness (QED) is 0.738. The summed E-state index contributed by atoms with van der Waals surface area (Å²) in [6.07, 6.45) is 0. The number of para-hydroxylation sites is 1. The first-order valence-electron chi connectivity index (χ1n) is 7.01. The summed E-state index contributed by atoms with van der Waals surface area (Å²) in [4.78, 5) is 12.3. The maximum atomic E-state index is 12.3. The van der Waals surface area contributed by atoms with Crippen molar-refractivity contribution in [3.63, 3.8) is 0 Å². The second-order valence-electron chi connectivity index (χ2n) is 4.88. The molecule has 0 spiro atoms. The average molecular weight is 312 g/mol. The van der Waals surface area contributed by atoms with Crippen LogP contribution in [0.2, 0.25) is 0 Å². The van der Waals surface area contributed by atoms with E-state index in [4.69, 9.17) is 18.6 Å². The van der Waals surface area contributed by atoms with Gasteiger partial charge in [0.2, 0.25) is 0 Å². The van der Waals surface area contributed by atoms with E-state index in [9.17, 15) is 4.79 Å². The van der Waals surface area contributed by atoms with E-state index in [1.165, 1.54) is 6.07 Å². The summed E-state index contributed by atoms with van der Waals surface area (Å²) in [7, 11) is 4.64. The molecule has 3 aromatic rings. The average Bonchev–Trinajstić information content (AvgIpc) is 2.60. The Morgan fingerprint density at radius 3 is 2.17 bits per heavy atom. The third-order valence-electron chi connectivity index (χ3n) is 3.61. The first-order valence-corrected chi connectivity index (χ1v) is 7.01. The first-order chi connectivity index (χ1) is 11.2. The normalized spacial score (nSPS) is 10.6. The van der Waals surface area contributed by atoms with E-state index in [2.05, 4.69) is 0 Å². The van der Waals surface area contributed by atoms with Gasteiger partial charge >= 0.3 is 0 Å². The predicted molar refractivity (Wildman–Crippen MR) is 87.6 cm³/mol. The van der Waals surface area contributed by atoms with Crippen LogP contribution >= 0.6 is 0 Å². The van der Waals surface area contributed by atoms with Gasteiger partial charge in [-0.15, -0.1) is 0 Å². The molecule has 2 aromatic carbocycles. The smallest absolute Gasteiger partial charge is 0.193 e. The number of rotatable bonds is 4. The van der Waals surface area contributed by atoms with Gasteiger partial charge in [-0.25, -0.2) is 0 Å². The van der Waals surface area contributed by atoms with Crippen molar-refractivity contribution in [2.45, 2.75) is 0 Å². The van der Waals surface area contributed by atoms with Crippen molar-refractivity contribution in [1.82, 2.24) is 0 Å². The summed E-state index contributed by atoms with van der Waals surface area (Å²) in [5, 5.41) is 0.538. The molecule has 0 atom stereocenters. The van der Waals surface area contributed by atoms with E-state index >= 15 is 0 Å². The highest BCUT2D eigenvalue weighted by Crippen LogP contribution is 2.40. The maximum absolute atomic E-state index is 12.3. The van der Waals surface area contributed by atoms with E-state index in [1.54, 1.807) is 51.7 Å². The fraction of sp³-hybridized carbons (Fsp3) is 0.167. The molecule has 1 heterocycles. The van der Waals surface area contributed by atoms with Crippen molar-refractivity contribution in [1.29, 1.82) is 0 Å². The van der Waals surface area contributed by atoms with Crippen molar-refractivity contribution in [2.24, 2.45) is 0 Å². The molecule has 0 saturated heterocycles. The minimum Gasteiger partial charge on any atom is -0.496 e. The predicted octanol–water partition coefficient (Wildman–Crippen LogP) is 3.49. The lowest BCUT2D eigenvalue weighted by atomic mass is 10.1. The van der Waals surface area contributed by atoms with Crippen LogP contribution in [-0.4, -0.2) is 21.3 Å². The zero-order chi connectivity index (χ0) is 16.4. The van der Waals surface area contributed by atoms with Gasteiger partial charge in [0, 0.05) is 12.1 Å². The molecule has 5 nitrogen and oxygen atoms in total. The third kappa shape index (κ3) is 2.61. The highest BCUT2D eigenvalue weighted by atomic mass is 16.5. The summed E-state index contributed by atoms with van der Waals surface area (Å²) >= 11 is 0. The molecule has 0 radical (unpaired) electrons. The van der Waals surface area contributed by atoms with Crippen LogP contribution in [0.15, 0.2) is 51.7 Å². The Morgan fingerprint density at radius 1 is 0.826 bits per heavy atom. The van der Waals surface area contributed by atoms with E-state index in [0.29, 0.717) is 39.5 Å². The van der Waals surface area contributed by atoms with Crippen molar-refractivity contribution >= 4 is 11.0 Å². The van der Waals surface area contributed by atoms with Crippen LogP contribution in [0.3, 0.4) is 0 Å². The number of hydrogen-bond acceptors (Lipinski definition) is 5. The van der Waals surface area contributed by atoms with Crippen LogP contribution in [0.4, 0.5) is 0 Å². The molecular weight excluding hydrogens is 296 g/mol. The van der Waals surface area contributed by atoms with Crippen molar-refractivity contribution in [3.05, 3.63) is 52.7 Å². The Labute approximate surface area is 133 Å². The molecule has 0 fully saturated rings. The molecule has 23 heavy (non-hydrogen) atoms. The van der Waals surface area contributed by atoms with Gasteiger partial charge in [-0.05, 0) is 18.2 Å². The number of fused-ring (bicyclic) bond motifs is 1. The molecular formula is C18H16O5. The minimum absolute atomic E-state index is 0.112. The SMILES string of the molecule is COc1cc(OC)c(-c2cc(=O)c3ccccc3o2)cc1OC. The molecule has 0 aliphatic heterocycles. The third-order valence-corrected chi connectivity index (χ3v) is 3.61. The molecule has 118 valence electrons. The van der Waals surface area contributed by atoms with Gasteiger partial charge in [0.15, 0.2) is 16.9 Å². The summed E-state index contributed by atoms with van der Waals surface area (Å²) in [6.45, 7) is 0. The van der Waals surface area contributed by atoms with E-state index in [-0.39, 0.29) is 5.43 Å². The van der Waals surface area contributed by atoms with Crippen LogP contribution in [0, 0.1) is 0 Å². The summed E-state index contributed by atoms with van der Waals surface area (Å²) in [6, 6.07) is 12.0. The molecule has 0 amide bonds. The van der Waals surface area contributed by atoms with E-state index < -0.39 is 0 Å². The van der Waals surface area contributed by atoms with Crippen LogP contribution in [0.1, 0.15) is 0 Å². The number of methoxy groups -OCH3 is 3. The molecule has 1 aromatic heterocycles. The standard InChI is InChI=1S/C18H16O5/c1-20-15-10-18(22-3)17(21-2)8-12(15)16-9-13(19)11-6-4-5-7-14(11)23-16/h4-10H,1-3H3. The molecule has 0 aliphatic carbocycles. The van der Waals surface area contributed by atoms with Gasteiger partial charge in [0.1, 0.15) is 17.1 Å². The lowest BCUT2D eigenvalue weighted by Gasteiger charge is -2.13. The van der Waals surface area contributed by atoms with Crippen LogP contribution in [-0.2, 0) is 0 Å². The molecule has 0 unspecified atom stereocenters. The monoisotopic (exact) mass is 312 g/mol. The fourth-order valence-corrected chi connectivity index (χ4v) is 2.46. The fourth-order valence-electron chi connectivity index (χ4n) is 2.46. The molecule has 0 N–H and O–H groups in total. The Hall–Kier alpha value is -2.95. The highest BCUT2D eigenvalue weighted by Gasteiger charge is 2.16. The van der Waals surface area contributed by atoms with Gasteiger partial charge in [0.25, 0.3) is 0 Å². The van der Waals surface area contributed by atoms with Gasteiger partial charge in [0.05, 0.1) is 32.3 Å². The summed E-state index contributed by atoms with van der Waals surface area (Å²) < 4.78 is 21.8. The molecule has 5 heteroatoms. The Kier molecular flexibility index (Phi) is 3.93. The highest BCUT2D eigenvalue weighted by molar-refractivity contribution is 5.80. The van der Waals surface area contributed by atoms with Crippen LogP contribution < -0.4 is 19.6 Å². The zero-order valence-electron chi connectivity index (χ0n) is 13.1. The second-order valence-corrected chi connectivity index (χ2v) is 4.88. The van der Waals surface area contributed by atoms with Gasteiger partial charge in [-0.1, -0.05) is 12.1 Å². The second kappa shape index (κ2) is 6.04. The number of benzene rings is 2. The first kappa shape index (κ1) is 15.0. The Morgan fingerprint density at radius 2 is 1.48 bits per heavy atom. The Balaban J connectivity index is 2.27. The van der Waals surface area contributed by atoms with Crippen LogP contribution in [0.5, 0.6) is 17.2 Å². The van der Waals surface area contributed by atoms with Crippen molar-refractivity contribution in [3.8, 4) is 28.6 Å². The molecule has 0 saturated carbocycles. The Bertz CT molecular complexity index is 911. The lowest BCUT2D eigenvalue weighted by molar-refractivity contribution is 0.349. The summed E-state index contributed by atoms with van der Waals surface area (Å²) in [5.41, 5.74) is 1.03. The van der Waals surface area contributed by atoms with Gasteiger partial charge in [-0.3, -0.25) is 4.79 Å². The van der Waals surface area contributed by atoms with Crippen molar-refractivity contribution in [2.75, 3.05) is 21.3 Å². The lowest BCUT2D eigenvalue weighted by Crippen LogP contribution is -2.01. The van der Waals surface area contributed by atoms with Crippen LogP contribution in [0.25, 0.3) is 22.3 Å². The molecule has 0 bridgehead atoms. The largest absolute Gasteiger partial charge is 0.496 e. The van der Waals surface area contributed by atoms with E-state index in [1.807, 2.05) is 6.07 Å². The number of hydrogen-bond donors (Lipinski definition) is 0. The minimum atomic E-state index is -0.112. The molecule has 3 rings (SSSR count).